The molecule has 8 nitrogen and oxygen atoms in total. The standard InChI is InChI=1S/C23H23ClF2N8/c1-14-4-5-27-20(28-14)32-10-22(11-32)12-33(13-22)21-30-29-19-9-31(18-7-23(18,25)26)8-15-6-16(24)2-3-17(15)34(19)21/h2-6,18H,7-13H2,1H3. The molecule has 5 heterocycles. The predicted octanol–water partition coefficient (Wildman–Crippen LogP) is 3.07. The highest BCUT2D eigenvalue weighted by molar-refractivity contribution is 6.30. The Balaban J connectivity index is 1.15. The number of fused-ring (bicyclic) bond motifs is 3. The molecule has 0 N–H and O–H groups in total. The van der Waals surface area contributed by atoms with E-state index in [2.05, 4.69) is 30.0 Å². The quantitative estimate of drug-likeness (QED) is 0.566. The molecule has 176 valence electrons. The zero-order chi connectivity index (χ0) is 23.2. The van der Waals surface area contributed by atoms with Gasteiger partial charge in [-0.3, -0.25) is 9.47 Å². The van der Waals surface area contributed by atoms with Gasteiger partial charge in [0.25, 0.3) is 5.92 Å². The first kappa shape index (κ1) is 20.5. The van der Waals surface area contributed by atoms with Crippen molar-refractivity contribution < 1.29 is 8.78 Å². The molecule has 1 aliphatic carbocycles. The minimum atomic E-state index is -2.64. The van der Waals surface area contributed by atoms with Crippen molar-refractivity contribution >= 4 is 23.5 Å². The van der Waals surface area contributed by atoms with Crippen molar-refractivity contribution in [1.82, 2.24) is 29.6 Å². The molecule has 1 aromatic carbocycles. The van der Waals surface area contributed by atoms with Gasteiger partial charge in [-0.1, -0.05) is 11.6 Å². The van der Waals surface area contributed by atoms with Gasteiger partial charge in [-0.2, -0.15) is 0 Å². The Labute approximate surface area is 200 Å². The summed E-state index contributed by atoms with van der Waals surface area (Å²) in [5.74, 6) is -0.414. The van der Waals surface area contributed by atoms with Gasteiger partial charge in [0.15, 0.2) is 5.82 Å². The van der Waals surface area contributed by atoms with Gasteiger partial charge in [-0.25, -0.2) is 18.7 Å². The molecule has 0 amide bonds. The lowest BCUT2D eigenvalue weighted by Crippen LogP contribution is -2.73. The van der Waals surface area contributed by atoms with E-state index in [1.807, 2.05) is 35.8 Å². The summed E-state index contributed by atoms with van der Waals surface area (Å²) < 4.78 is 29.9. The average molecular weight is 485 g/mol. The highest BCUT2D eigenvalue weighted by Gasteiger charge is 2.60. The van der Waals surface area contributed by atoms with E-state index in [4.69, 9.17) is 11.6 Å². The third kappa shape index (κ3) is 3.11. The van der Waals surface area contributed by atoms with Crippen molar-refractivity contribution in [2.45, 2.75) is 38.4 Å². The fourth-order valence-corrected chi connectivity index (χ4v) is 5.82. The monoisotopic (exact) mass is 484 g/mol. The van der Waals surface area contributed by atoms with Gasteiger partial charge in [-0.05, 0) is 36.8 Å². The Morgan fingerprint density at radius 3 is 2.53 bits per heavy atom. The van der Waals surface area contributed by atoms with E-state index in [9.17, 15) is 8.78 Å². The summed E-state index contributed by atoms with van der Waals surface area (Å²) in [6.45, 7) is 6.25. The van der Waals surface area contributed by atoms with Gasteiger partial charge in [0.2, 0.25) is 11.9 Å². The smallest absolute Gasteiger partial charge is 0.265 e. The lowest BCUT2D eigenvalue weighted by atomic mass is 9.73. The number of benzene rings is 1. The van der Waals surface area contributed by atoms with Crippen LogP contribution in [0, 0.1) is 12.3 Å². The number of hydrogen-bond acceptors (Lipinski definition) is 7. The predicted molar refractivity (Wildman–Crippen MR) is 123 cm³/mol. The van der Waals surface area contributed by atoms with Crippen LogP contribution >= 0.6 is 11.6 Å². The highest BCUT2D eigenvalue weighted by atomic mass is 35.5. The Kier molecular flexibility index (Phi) is 4.13. The average Bonchev–Trinajstić information content (AvgIpc) is 3.24. The molecule has 2 aromatic heterocycles. The summed E-state index contributed by atoms with van der Waals surface area (Å²) in [6.07, 6.45) is 1.69. The number of alkyl halides is 2. The van der Waals surface area contributed by atoms with Gasteiger partial charge in [-0.15, -0.1) is 10.2 Å². The van der Waals surface area contributed by atoms with E-state index in [1.54, 1.807) is 11.1 Å². The molecule has 1 atom stereocenters. The van der Waals surface area contributed by atoms with Crippen LogP contribution in [0.15, 0.2) is 30.5 Å². The van der Waals surface area contributed by atoms with E-state index in [1.165, 1.54) is 0 Å². The summed E-state index contributed by atoms with van der Waals surface area (Å²) in [5.41, 5.74) is 2.98. The summed E-state index contributed by atoms with van der Waals surface area (Å²) >= 11 is 6.28. The zero-order valence-corrected chi connectivity index (χ0v) is 19.4. The highest BCUT2D eigenvalue weighted by Crippen LogP contribution is 2.48. The number of hydrogen-bond donors (Lipinski definition) is 0. The molecule has 1 unspecified atom stereocenters. The molecular weight excluding hydrogens is 462 g/mol. The summed E-state index contributed by atoms with van der Waals surface area (Å²) in [4.78, 5) is 15.2. The molecule has 7 rings (SSSR count). The van der Waals surface area contributed by atoms with Crippen molar-refractivity contribution in [3.8, 4) is 5.69 Å². The minimum absolute atomic E-state index is 0.111. The fourth-order valence-electron chi connectivity index (χ4n) is 5.63. The topological polar surface area (TPSA) is 66.2 Å². The number of anilines is 2. The van der Waals surface area contributed by atoms with Crippen molar-refractivity contribution in [1.29, 1.82) is 0 Å². The van der Waals surface area contributed by atoms with E-state index < -0.39 is 12.0 Å². The molecule has 2 saturated heterocycles. The third-order valence-electron chi connectivity index (χ3n) is 7.40. The molecule has 3 fully saturated rings. The normalized spacial score (nSPS) is 24.2. The summed E-state index contributed by atoms with van der Waals surface area (Å²) in [5, 5.41) is 9.53. The first-order chi connectivity index (χ1) is 16.3. The minimum Gasteiger partial charge on any atom is -0.339 e. The number of nitrogens with zero attached hydrogens (tertiary/aromatic N) is 8. The van der Waals surface area contributed by atoms with Crippen LogP contribution in [0.5, 0.6) is 0 Å². The van der Waals surface area contributed by atoms with Gasteiger partial charge in [0.1, 0.15) is 0 Å². The van der Waals surface area contributed by atoms with Gasteiger partial charge in [0, 0.05) is 61.5 Å². The first-order valence-electron chi connectivity index (χ1n) is 11.4. The van der Waals surface area contributed by atoms with E-state index >= 15 is 0 Å². The Hall–Kier alpha value is -2.85. The molecule has 1 saturated carbocycles. The Morgan fingerprint density at radius 1 is 1.03 bits per heavy atom. The molecule has 34 heavy (non-hydrogen) atoms. The van der Waals surface area contributed by atoms with Crippen LogP contribution in [0.4, 0.5) is 20.7 Å². The fraction of sp³-hybridized carbons (Fsp3) is 0.478. The Bertz CT molecular complexity index is 1300. The van der Waals surface area contributed by atoms with Gasteiger partial charge >= 0.3 is 0 Å². The number of halogens is 3. The molecule has 0 bridgehead atoms. The lowest BCUT2D eigenvalue weighted by molar-refractivity contribution is 0.0663. The van der Waals surface area contributed by atoms with Crippen LogP contribution in [-0.2, 0) is 13.1 Å². The van der Waals surface area contributed by atoms with Crippen molar-refractivity contribution in [2.24, 2.45) is 5.41 Å². The maximum Gasteiger partial charge on any atom is 0.265 e. The SMILES string of the molecule is Cc1ccnc(N2CC3(C2)CN(c2nnc4n2-c2ccc(Cl)cc2CN(C2CC2(F)F)C4)C3)n1. The maximum absolute atomic E-state index is 13.9. The van der Waals surface area contributed by atoms with Gasteiger partial charge in [0.05, 0.1) is 18.3 Å². The Morgan fingerprint density at radius 2 is 1.79 bits per heavy atom. The zero-order valence-electron chi connectivity index (χ0n) is 18.6. The van der Waals surface area contributed by atoms with Crippen LogP contribution in [0.25, 0.3) is 5.69 Å². The summed E-state index contributed by atoms with van der Waals surface area (Å²) in [6, 6.07) is 6.78. The molecule has 3 aliphatic heterocycles. The summed E-state index contributed by atoms with van der Waals surface area (Å²) in [7, 11) is 0. The third-order valence-corrected chi connectivity index (χ3v) is 7.64. The number of aromatic nitrogens is 5. The molecule has 3 aromatic rings. The van der Waals surface area contributed by atoms with Crippen LogP contribution in [0.2, 0.25) is 5.02 Å². The van der Waals surface area contributed by atoms with Crippen LogP contribution in [-0.4, -0.2) is 67.8 Å². The van der Waals surface area contributed by atoms with Crippen molar-refractivity contribution in [2.75, 3.05) is 36.0 Å². The van der Waals surface area contributed by atoms with Crippen LogP contribution in [0.1, 0.15) is 23.5 Å². The number of aryl methyl sites for hydroxylation is 1. The molecular formula is C23H23ClF2N8. The second-order valence-corrected chi connectivity index (χ2v) is 10.6. The van der Waals surface area contributed by atoms with E-state index in [0.717, 1.165) is 55.0 Å². The van der Waals surface area contributed by atoms with Gasteiger partial charge < -0.3 is 9.80 Å². The van der Waals surface area contributed by atoms with Crippen LogP contribution in [0.3, 0.4) is 0 Å². The molecule has 0 radical (unpaired) electrons. The molecule has 1 spiro atoms. The van der Waals surface area contributed by atoms with E-state index in [-0.39, 0.29) is 11.8 Å². The maximum atomic E-state index is 13.9. The molecule has 4 aliphatic rings. The largest absolute Gasteiger partial charge is 0.339 e. The first-order valence-corrected chi connectivity index (χ1v) is 11.8. The van der Waals surface area contributed by atoms with Crippen molar-refractivity contribution in [3.63, 3.8) is 0 Å². The van der Waals surface area contributed by atoms with E-state index in [0.29, 0.717) is 23.9 Å². The van der Waals surface area contributed by atoms with Crippen molar-refractivity contribution in [3.05, 3.63) is 52.6 Å². The lowest BCUT2D eigenvalue weighted by Gasteiger charge is -2.60. The molecule has 11 heteroatoms. The number of rotatable bonds is 3. The second kappa shape index (κ2) is 6.85. The van der Waals surface area contributed by atoms with Crippen LogP contribution < -0.4 is 9.80 Å². The second-order valence-electron chi connectivity index (χ2n) is 10.1.